The number of aliphatic hydroxyl groups is 1. The van der Waals surface area contributed by atoms with Gasteiger partial charge in [0.1, 0.15) is 5.75 Å². The van der Waals surface area contributed by atoms with Crippen LogP contribution in [0.2, 0.25) is 0 Å². The standard InChI is InChI=1S/C20H21NO4/c1-2-3-12-21-16-10-6-5-9-15(16)20(25,19(21)24)13-18(23)14-8-4-7-11-17(14)22/h4-11,22,25H,2-3,12-13H2,1H3. The maximum atomic E-state index is 12.9. The molecule has 5 nitrogen and oxygen atoms in total. The molecule has 1 aliphatic rings. The summed E-state index contributed by atoms with van der Waals surface area (Å²) >= 11 is 0. The van der Waals surface area contributed by atoms with Crippen LogP contribution in [0.25, 0.3) is 0 Å². The van der Waals surface area contributed by atoms with Crippen molar-refractivity contribution in [2.75, 3.05) is 11.4 Å². The highest BCUT2D eigenvalue weighted by molar-refractivity contribution is 6.11. The summed E-state index contributed by atoms with van der Waals surface area (Å²) in [6, 6.07) is 13.2. The molecule has 25 heavy (non-hydrogen) atoms. The Hall–Kier alpha value is -2.66. The molecule has 0 aliphatic carbocycles. The van der Waals surface area contributed by atoms with E-state index in [2.05, 4.69) is 0 Å². The Morgan fingerprint density at radius 3 is 2.52 bits per heavy atom. The molecule has 3 rings (SSSR count). The summed E-state index contributed by atoms with van der Waals surface area (Å²) in [6.45, 7) is 2.53. The number of amides is 1. The number of Topliss-reactive ketones (excluding diaryl/α,β-unsaturated/α-hetero) is 1. The van der Waals surface area contributed by atoms with Gasteiger partial charge in [-0.25, -0.2) is 0 Å². The maximum absolute atomic E-state index is 12.9. The first-order chi connectivity index (χ1) is 12.0. The first kappa shape index (κ1) is 17.2. The van der Waals surface area contributed by atoms with E-state index in [0.717, 1.165) is 12.8 Å². The second-order valence-electron chi connectivity index (χ2n) is 6.30. The van der Waals surface area contributed by atoms with Gasteiger partial charge in [-0.15, -0.1) is 0 Å². The van der Waals surface area contributed by atoms with Crippen LogP contribution in [0.5, 0.6) is 5.75 Å². The lowest BCUT2D eigenvalue weighted by Gasteiger charge is -2.22. The van der Waals surface area contributed by atoms with Crippen molar-refractivity contribution in [3.8, 4) is 5.75 Å². The van der Waals surface area contributed by atoms with Crippen molar-refractivity contribution in [2.24, 2.45) is 0 Å². The first-order valence-corrected chi connectivity index (χ1v) is 8.44. The van der Waals surface area contributed by atoms with Crippen molar-refractivity contribution in [3.63, 3.8) is 0 Å². The Balaban J connectivity index is 1.96. The van der Waals surface area contributed by atoms with Crippen molar-refractivity contribution in [1.82, 2.24) is 0 Å². The Bertz CT molecular complexity index is 817. The first-order valence-electron chi connectivity index (χ1n) is 8.44. The van der Waals surface area contributed by atoms with Gasteiger partial charge in [0.2, 0.25) is 0 Å². The van der Waals surface area contributed by atoms with Crippen LogP contribution in [0.1, 0.15) is 42.1 Å². The number of carbonyl (C=O) groups is 2. The predicted molar refractivity (Wildman–Crippen MR) is 94.7 cm³/mol. The van der Waals surface area contributed by atoms with E-state index in [-0.39, 0.29) is 11.3 Å². The predicted octanol–water partition coefficient (Wildman–Crippen LogP) is 3.00. The highest BCUT2D eigenvalue weighted by atomic mass is 16.3. The fourth-order valence-electron chi connectivity index (χ4n) is 3.25. The quantitative estimate of drug-likeness (QED) is 0.793. The Kier molecular flexibility index (Phi) is 4.59. The molecule has 2 N–H and O–H groups in total. The molecule has 1 aliphatic heterocycles. The molecule has 130 valence electrons. The van der Waals surface area contributed by atoms with Gasteiger partial charge in [0.05, 0.1) is 17.7 Å². The van der Waals surface area contributed by atoms with Gasteiger partial charge in [0.25, 0.3) is 5.91 Å². The molecule has 2 aromatic carbocycles. The summed E-state index contributed by atoms with van der Waals surface area (Å²) in [7, 11) is 0. The summed E-state index contributed by atoms with van der Waals surface area (Å²) in [5.41, 5.74) is -0.703. The van der Waals surface area contributed by atoms with Gasteiger partial charge in [-0.3, -0.25) is 9.59 Å². The maximum Gasteiger partial charge on any atom is 0.264 e. The van der Waals surface area contributed by atoms with E-state index in [4.69, 9.17) is 0 Å². The van der Waals surface area contributed by atoms with Gasteiger partial charge in [-0.1, -0.05) is 43.7 Å². The van der Waals surface area contributed by atoms with Crippen molar-refractivity contribution in [2.45, 2.75) is 31.8 Å². The zero-order valence-electron chi connectivity index (χ0n) is 14.1. The molecular formula is C20H21NO4. The minimum absolute atomic E-state index is 0.105. The smallest absolute Gasteiger partial charge is 0.264 e. The largest absolute Gasteiger partial charge is 0.507 e. The molecule has 0 saturated heterocycles. The van der Waals surface area contributed by atoms with Crippen LogP contribution in [0, 0.1) is 0 Å². The Labute approximate surface area is 146 Å². The number of benzene rings is 2. The number of unbranched alkanes of at least 4 members (excludes halogenated alkanes) is 1. The lowest BCUT2D eigenvalue weighted by molar-refractivity contribution is -0.135. The van der Waals surface area contributed by atoms with Crippen molar-refractivity contribution in [1.29, 1.82) is 0 Å². The fraction of sp³-hybridized carbons (Fsp3) is 0.300. The van der Waals surface area contributed by atoms with Crippen LogP contribution in [-0.4, -0.2) is 28.4 Å². The summed E-state index contributed by atoms with van der Waals surface area (Å²) in [5, 5.41) is 21.0. The minimum atomic E-state index is -1.90. The second-order valence-corrected chi connectivity index (χ2v) is 6.30. The Morgan fingerprint density at radius 1 is 1.12 bits per heavy atom. The third kappa shape index (κ3) is 2.91. The summed E-state index contributed by atoms with van der Waals surface area (Å²) < 4.78 is 0. The molecule has 2 aromatic rings. The van der Waals surface area contributed by atoms with Gasteiger partial charge in [-0.05, 0) is 24.6 Å². The van der Waals surface area contributed by atoms with E-state index < -0.39 is 23.7 Å². The lowest BCUT2D eigenvalue weighted by Crippen LogP contribution is -2.42. The number of rotatable bonds is 6. The van der Waals surface area contributed by atoms with Crippen LogP contribution in [-0.2, 0) is 10.4 Å². The number of phenols is 1. The van der Waals surface area contributed by atoms with E-state index in [1.54, 1.807) is 35.2 Å². The lowest BCUT2D eigenvalue weighted by atomic mass is 9.88. The van der Waals surface area contributed by atoms with Crippen molar-refractivity contribution in [3.05, 3.63) is 59.7 Å². The zero-order chi connectivity index (χ0) is 18.0. The van der Waals surface area contributed by atoms with E-state index in [1.165, 1.54) is 12.1 Å². The summed E-state index contributed by atoms with van der Waals surface area (Å²) in [5.74, 6) is -1.11. The number of para-hydroxylation sites is 2. The number of hydrogen-bond acceptors (Lipinski definition) is 4. The average Bonchev–Trinajstić information content (AvgIpc) is 2.81. The topological polar surface area (TPSA) is 77.8 Å². The van der Waals surface area contributed by atoms with E-state index in [9.17, 15) is 19.8 Å². The van der Waals surface area contributed by atoms with Crippen LogP contribution in [0.15, 0.2) is 48.5 Å². The molecule has 1 heterocycles. The number of aromatic hydroxyl groups is 1. The van der Waals surface area contributed by atoms with Gasteiger partial charge in [0, 0.05) is 12.1 Å². The second kappa shape index (κ2) is 6.69. The van der Waals surface area contributed by atoms with Crippen molar-refractivity contribution < 1.29 is 19.8 Å². The fourth-order valence-corrected chi connectivity index (χ4v) is 3.25. The molecule has 0 saturated carbocycles. The molecular weight excluding hydrogens is 318 g/mol. The van der Waals surface area contributed by atoms with Gasteiger partial charge >= 0.3 is 0 Å². The number of anilines is 1. The molecule has 0 radical (unpaired) electrons. The number of carbonyl (C=O) groups excluding carboxylic acids is 2. The third-order valence-electron chi connectivity index (χ3n) is 4.60. The molecule has 0 fully saturated rings. The molecule has 0 spiro atoms. The van der Waals surface area contributed by atoms with Crippen LogP contribution >= 0.6 is 0 Å². The molecule has 1 atom stereocenters. The number of hydrogen-bond donors (Lipinski definition) is 2. The third-order valence-corrected chi connectivity index (χ3v) is 4.60. The number of fused-ring (bicyclic) bond motifs is 1. The van der Waals surface area contributed by atoms with Gasteiger partial charge in [0.15, 0.2) is 11.4 Å². The normalized spacial score (nSPS) is 19.1. The van der Waals surface area contributed by atoms with Crippen molar-refractivity contribution >= 4 is 17.4 Å². The summed E-state index contributed by atoms with van der Waals surface area (Å²) in [6.07, 6.45) is 1.33. The van der Waals surface area contributed by atoms with E-state index in [1.807, 2.05) is 13.0 Å². The molecule has 1 amide bonds. The number of ketones is 1. The summed E-state index contributed by atoms with van der Waals surface area (Å²) in [4.78, 5) is 27.1. The van der Waals surface area contributed by atoms with Gasteiger partial charge < -0.3 is 15.1 Å². The van der Waals surface area contributed by atoms with Crippen LogP contribution < -0.4 is 4.90 Å². The Morgan fingerprint density at radius 2 is 1.80 bits per heavy atom. The van der Waals surface area contributed by atoms with Crippen LogP contribution in [0.3, 0.4) is 0 Å². The zero-order valence-corrected chi connectivity index (χ0v) is 14.1. The molecule has 5 heteroatoms. The number of nitrogens with zero attached hydrogens (tertiary/aromatic N) is 1. The highest BCUT2D eigenvalue weighted by Gasteiger charge is 2.50. The van der Waals surface area contributed by atoms with E-state index in [0.29, 0.717) is 17.8 Å². The number of phenolic OH excluding ortho intramolecular Hbond substituents is 1. The molecule has 0 aromatic heterocycles. The monoisotopic (exact) mass is 339 g/mol. The SMILES string of the molecule is CCCCN1C(=O)C(O)(CC(=O)c2ccccc2O)c2ccccc21. The highest BCUT2D eigenvalue weighted by Crippen LogP contribution is 2.43. The molecule has 0 bridgehead atoms. The average molecular weight is 339 g/mol. The molecule has 1 unspecified atom stereocenters. The van der Waals surface area contributed by atoms with Crippen LogP contribution in [0.4, 0.5) is 5.69 Å². The van der Waals surface area contributed by atoms with E-state index >= 15 is 0 Å². The van der Waals surface area contributed by atoms with Gasteiger partial charge in [-0.2, -0.15) is 0 Å². The minimum Gasteiger partial charge on any atom is -0.507 e.